The molecule has 0 saturated heterocycles. The predicted octanol–water partition coefficient (Wildman–Crippen LogP) is 3.72. The van der Waals surface area contributed by atoms with E-state index in [1.165, 1.54) is 31.2 Å². The summed E-state index contributed by atoms with van der Waals surface area (Å²) in [7, 11) is 2.07. The summed E-state index contributed by atoms with van der Waals surface area (Å²) in [6, 6.07) is 9.42. The number of hydrogen-bond donors (Lipinski definition) is 1. The van der Waals surface area contributed by atoms with Gasteiger partial charge in [-0.15, -0.1) is 0 Å². The number of hydrogen-bond acceptors (Lipinski definition) is 2. The Balaban J connectivity index is 1.93. The molecule has 2 nitrogen and oxygen atoms in total. The average Bonchev–Trinajstić information content (AvgIpc) is 2.39. The molecule has 1 N–H and O–H groups in total. The van der Waals surface area contributed by atoms with Gasteiger partial charge < -0.3 is 10.1 Å². The molecule has 1 saturated carbocycles. The third kappa shape index (κ3) is 3.49. The molecule has 0 bridgehead atoms. The Bertz CT molecular complexity index is 350. The second kappa shape index (κ2) is 6.24. The molecule has 0 amide bonds. The molecule has 0 atom stereocenters. The Morgan fingerprint density at radius 1 is 1.06 bits per heavy atom. The van der Waals surface area contributed by atoms with Gasteiger partial charge in [0.2, 0.25) is 0 Å². The van der Waals surface area contributed by atoms with Crippen LogP contribution in [0.5, 0.6) is 5.75 Å². The molecule has 0 unspecified atom stereocenters. The first-order valence-electron chi connectivity index (χ1n) is 7.13. The Hall–Kier alpha value is -1.02. The van der Waals surface area contributed by atoms with Gasteiger partial charge in [-0.25, -0.2) is 0 Å². The average molecular weight is 247 g/mol. The highest BCUT2D eigenvalue weighted by Gasteiger charge is 2.21. The Morgan fingerprint density at radius 3 is 2.17 bits per heavy atom. The summed E-state index contributed by atoms with van der Waals surface area (Å²) in [6.07, 6.45) is 5.45. The molecular formula is C16H25NO. The molecule has 18 heavy (non-hydrogen) atoms. The summed E-state index contributed by atoms with van der Waals surface area (Å²) >= 11 is 0. The van der Waals surface area contributed by atoms with E-state index in [1.54, 1.807) is 0 Å². The summed E-state index contributed by atoms with van der Waals surface area (Å²) in [5, 5.41) is 3.39. The molecule has 0 aliphatic heterocycles. The zero-order valence-corrected chi connectivity index (χ0v) is 11.8. The van der Waals surface area contributed by atoms with Crippen molar-refractivity contribution in [1.82, 2.24) is 5.32 Å². The van der Waals surface area contributed by atoms with Gasteiger partial charge in [-0.2, -0.15) is 0 Å². The van der Waals surface area contributed by atoms with Crippen LogP contribution in [0.1, 0.15) is 51.0 Å². The van der Waals surface area contributed by atoms with E-state index in [4.69, 9.17) is 4.74 Å². The van der Waals surface area contributed by atoms with Crippen LogP contribution in [0.4, 0.5) is 0 Å². The van der Waals surface area contributed by atoms with Crippen molar-refractivity contribution in [3.8, 4) is 5.75 Å². The topological polar surface area (TPSA) is 21.3 Å². The maximum absolute atomic E-state index is 5.68. The summed E-state index contributed by atoms with van der Waals surface area (Å²) in [5.41, 5.74) is 1.47. The van der Waals surface area contributed by atoms with Gasteiger partial charge >= 0.3 is 0 Å². The largest absolute Gasteiger partial charge is 0.491 e. The van der Waals surface area contributed by atoms with E-state index in [2.05, 4.69) is 50.5 Å². The molecule has 2 heteroatoms. The Kier molecular flexibility index (Phi) is 4.65. The van der Waals surface area contributed by atoms with Gasteiger partial charge in [0.25, 0.3) is 0 Å². The maximum atomic E-state index is 5.68. The molecule has 1 aromatic carbocycles. The monoisotopic (exact) mass is 247 g/mol. The highest BCUT2D eigenvalue weighted by Crippen LogP contribution is 2.33. The van der Waals surface area contributed by atoms with Gasteiger partial charge in [0.05, 0.1) is 6.10 Å². The summed E-state index contributed by atoms with van der Waals surface area (Å²) in [6.45, 7) is 4.12. The molecule has 100 valence electrons. The lowest BCUT2D eigenvalue weighted by Crippen LogP contribution is -2.29. The lowest BCUT2D eigenvalue weighted by molar-refractivity contribution is 0.242. The van der Waals surface area contributed by atoms with Crippen molar-refractivity contribution in [2.24, 2.45) is 0 Å². The van der Waals surface area contributed by atoms with Gasteiger partial charge in [-0.1, -0.05) is 12.1 Å². The van der Waals surface area contributed by atoms with Crippen molar-refractivity contribution in [3.05, 3.63) is 29.8 Å². The summed E-state index contributed by atoms with van der Waals surface area (Å²) in [5.74, 6) is 1.72. The standard InChI is InChI=1S/C16H25NO/c1-12(2)18-16-10-6-14(7-11-16)13-4-8-15(17-3)9-5-13/h6-7,10-13,15,17H,4-5,8-9H2,1-3H3. The smallest absolute Gasteiger partial charge is 0.119 e. The van der Waals surface area contributed by atoms with Crippen molar-refractivity contribution >= 4 is 0 Å². The minimum Gasteiger partial charge on any atom is -0.491 e. The van der Waals surface area contributed by atoms with Crippen LogP contribution in [0.3, 0.4) is 0 Å². The minimum atomic E-state index is 0.252. The van der Waals surface area contributed by atoms with E-state index >= 15 is 0 Å². The molecule has 2 rings (SSSR count). The first-order chi connectivity index (χ1) is 8.69. The SMILES string of the molecule is CNC1CCC(c2ccc(OC(C)C)cc2)CC1. The number of rotatable bonds is 4. The van der Waals surface area contributed by atoms with E-state index < -0.39 is 0 Å². The van der Waals surface area contributed by atoms with Crippen LogP contribution in [0.15, 0.2) is 24.3 Å². The van der Waals surface area contributed by atoms with E-state index in [1.807, 2.05) is 0 Å². The fourth-order valence-electron chi connectivity index (χ4n) is 2.81. The maximum Gasteiger partial charge on any atom is 0.119 e. The van der Waals surface area contributed by atoms with Crippen molar-refractivity contribution in [3.63, 3.8) is 0 Å². The zero-order chi connectivity index (χ0) is 13.0. The predicted molar refractivity (Wildman–Crippen MR) is 76.3 cm³/mol. The number of ether oxygens (including phenoxy) is 1. The number of nitrogens with one attached hydrogen (secondary N) is 1. The molecular weight excluding hydrogens is 222 g/mol. The van der Waals surface area contributed by atoms with Gasteiger partial charge in [0.15, 0.2) is 0 Å². The third-order valence-corrected chi connectivity index (χ3v) is 3.86. The highest BCUT2D eigenvalue weighted by atomic mass is 16.5. The van der Waals surface area contributed by atoms with E-state index in [0.29, 0.717) is 0 Å². The van der Waals surface area contributed by atoms with Crippen LogP contribution >= 0.6 is 0 Å². The summed E-state index contributed by atoms with van der Waals surface area (Å²) in [4.78, 5) is 0. The van der Waals surface area contributed by atoms with E-state index in [-0.39, 0.29) is 6.10 Å². The van der Waals surface area contributed by atoms with E-state index in [9.17, 15) is 0 Å². The second-order valence-electron chi connectivity index (χ2n) is 5.57. The van der Waals surface area contributed by atoms with Crippen LogP contribution in [-0.4, -0.2) is 19.2 Å². The summed E-state index contributed by atoms with van der Waals surface area (Å²) < 4.78 is 5.68. The fraction of sp³-hybridized carbons (Fsp3) is 0.625. The van der Waals surface area contributed by atoms with Gasteiger partial charge in [-0.3, -0.25) is 0 Å². The quantitative estimate of drug-likeness (QED) is 0.875. The Morgan fingerprint density at radius 2 is 1.67 bits per heavy atom. The molecule has 0 aromatic heterocycles. The first-order valence-corrected chi connectivity index (χ1v) is 7.13. The van der Waals surface area contributed by atoms with Crippen molar-refractivity contribution in [2.75, 3.05) is 7.05 Å². The Labute approximate surface area is 111 Å². The molecule has 1 aliphatic rings. The second-order valence-corrected chi connectivity index (χ2v) is 5.57. The molecule has 0 radical (unpaired) electrons. The third-order valence-electron chi connectivity index (χ3n) is 3.86. The normalized spacial score (nSPS) is 24.2. The van der Waals surface area contributed by atoms with Gasteiger partial charge in [-0.05, 0) is 70.2 Å². The zero-order valence-electron chi connectivity index (χ0n) is 11.8. The number of benzene rings is 1. The van der Waals surface area contributed by atoms with Crippen LogP contribution in [0.2, 0.25) is 0 Å². The van der Waals surface area contributed by atoms with Crippen LogP contribution in [0.25, 0.3) is 0 Å². The molecule has 1 aromatic rings. The van der Waals surface area contributed by atoms with Crippen molar-refractivity contribution in [2.45, 2.75) is 57.6 Å². The van der Waals surface area contributed by atoms with Crippen molar-refractivity contribution in [1.29, 1.82) is 0 Å². The van der Waals surface area contributed by atoms with E-state index in [0.717, 1.165) is 17.7 Å². The molecule has 1 aliphatic carbocycles. The minimum absolute atomic E-state index is 0.252. The van der Waals surface area contributed by atoms with Gasteiger partial charge in [0.1, 0.15) is 5.75 Å². The lowest BCUT2D eigenvalue weighted by atomic mass is 9.82. The molecule has 1 fully saturated rings. The van der Waals surface area contributed by atoms with Crippen LogP contribution < -0.4 is 10.1 Å². The first kappa shape index (κ1) is 13.4. The molecule has 0 heterocycles. The lowest BCUT2D eigenvalue weighted by Gasteiger charge is -2.28. The van der Waals surface area contributed by atoms with Gasteiger partial charge in [0, 0.05) is 6.04 Å². The van der Waals surface area contributed by atoms with Crippen molar-refractivity contribution < 1.29 is 4.74 Å². The van der Waals surface area contributed by atoms with Crippen LogP contribution in [0, 0.1) is 0 Å². The molecule has 0 spiro atoms. The fourth-order valence-corrected chi connectivity index (χ4v) is 2.81. The highest BCUT2D eigenvalue weighted by molar-refractivity contribution is 5.29. The van der Waals surface area contributed by atoms with Crippen LogP contribution in [-0.2, 0) is 0 Å².